The zero-order chi connectivity index (χ0) is 20.2. The predicted molar refractivity (Wildman–Crippen MR) is 115 cm³/mol. The molecule has 0 atom stereocenters. The van der Waals surface area contributed by atoms with Crippen molar-refractivity contribution < 1.29 is 9.53 Å². The van der Waals surface area contributed by atoms with Gasteiger partial charge in [0.1, 0.15) is 0 Å². The molecule has 0 bridgehead atoms. The molecule has 0 radical (unpaired) electrons. The second kappa shape index (κ2) is 11.7. The second-order valence-corrected chi connectivity index (χ2v) is 7.47. The van der Waals surface area contributed by atoms with E-state index in [9.17, 15) is 4.79 Å². The van der Waals surface area contributed by atoms with Crippen LogP contribution in [0, 0.1) is 0 Å². The Bertz CT molecular complexity index is 639. The minimum Gasteiger partial charge on any atom is -0.373 e. The Hall–Kier alpha value is -2.08. The number of ether oxygens (including phenoxy) is 1. The molecule has 0 aromatic heterocycles. The minimum absolute atomic E-state index is 0.0582. The summed E-state index contributed by atoms with van der Waals surface area (Å²) in [5.41, 5.74) is 1.75. The van der Waals surface area contributed by atoms with Crippen molar-refractivity contribution in [3.63, 3.8) is 0 Å². The minimum atomic E-state index is -0.0618. The van der Waals surface area contributed by atoms with Gasteiger partial charge in [0.25, 0.3) is 5.91 Å². The number of rotatable bonds is 9. The summed E-state index contributed by atoms with van der Waals surface area (Å²) in [4.78, 5) is 16.1. The summed E-state index contributed by atoms with van der Waals surface area (Å²) >= 11 is 0. The summed E-state index contributed by atoms with van der Waals surface area (Å²) in [6, 6.07) is 7.73. The number of guanidine groups is 1. The Morgan fingerprint density at radius 1 is 1.21 bits per heavy atom. The number of hydrogen-bond acceptors (Lipinski definition) is 3. The largest absolute Gasteiger partial charge is 0.373 e. The quantitative estimate of drug-likeness (QED) is 0.449. The van der Waals surface area contributed by atoms with Crippen LogP contribution in [-0.4, -0.2) is 51.3 Å². The Balaban J connectivity index is 1.83. The molecule has 1 amide bonds. The number of hydrogen-bond donors (Lipinski definition) is 3. The van der Waals surface area contributed by atoms with Crippen molar-refractivity contribution in [2.45, 2.75) is 57.5 Å². The van der Waals surface area contributed by atoms with Crippen LogP contribution >= 0.6 is 0 Å². The lowest BCUT2D eigenvalue weighted by Gasteiger charge is -2.37. The molecule has 1 aromatic carbocycles. The van der Waals surface area contributed by atoms with E-state index < -0.39 is 0 Å². The highest BCUT2D eigenvalue weighted by atomic mass is 16.5. The smallest absolute Gasteiger partial charge is 0.251 e. The monoisotopic (exact) mass is 388 g/mol. The molecular weight excluding hydrogens is 352 g/mol. The van der Waals surface area contributed by atoms with Gasteiger partial charge in [-0.3, -0.25) is 9.79 Å². The summed E-state index contributed by atoms with van der Waals surface area (Å²) in [5.74, 6) is 0.740. The first-order valence-electron chi connectivity index (χ1n) is 10.5. The lowest BCUT2D eigenvalue weighted by molar-refractivity contribution is -0.0657. The molecular formula is C22H36N4O2. The molecule has 0 heterocycles. The third-order valence-electron chi connectivity index (χ3n) is 5.30. The number of amides is 1. The van der Waals surface area contributed by atoms with Crippen molar-refractivity contribution in [1.29, 1.82) is 0 Å². The molecule has 3 N–H and O–H groups in total. The van der Waals surface area contributed by atoms with Crippen LogP contribution in [0.3, 0.4) is 0 Å². The molecule has 1 fully saturated rings. The van der Waals surface area contributed by atoms with E-state index in [1.165, 1.54) is 19.3 Å². The van der Waals surface area contributed by atoms with E-state index >= 15 is 0 Å². The highest BCUT2D eigenvalue weighted by molar-refractivity contribution is 5.94. The number of aliphatic imine (C=N–C) groups is 1. The standard InChI is InChI=1S/C22H36N4O2/c1-4-15-28-22(12-6-5-7-13-22)17-26-21(24-3)25-14-11-18-9-8-10-19(16-18)20(27)23-2/h8-10,16H,4-7,11-15,17H2,1-3H3,(H,23,27)(H2,24,25,26). The molecule has 156 valence electrons. The lowest BCUT2D eigenvalue weighted by atomic mass is 9.84. The molecule has 1 aromatic rings. The van der Waals surface area contributed by atoms with Gasteiger partial charge in [-0.1, -0.05) is 38.3 Å². The summed E-state index contributed by atoms with van der Waals surface area (Å²) in [7, 11) is 3.44. The van der Waals surface area contributed by atoms with Gasteiger partial charge in [-0.2, -0.15) is 0 Å². The molecule has 28 heavy (non-hydrogen) atoms. The average Bonchev–Trinajstić information content (AvgIpc) is 2.75. The van der Waals surface area contributed by atoms with E-state index in [2.05, 4.69) is 27.9 Å². The SMILES string of the molecule is CCCOC1(CNC(=NC)NCCc2cccc(C(=O)NC)c2)CCCCC1. The third kappa shape index (κ3) is 6.82. The van der Waals surface area contributed by atoms with Crippen LogP contribution in [0.2, 0.25) is 0 Å². The molecule has 2 rings (SSSR count). The lowest BCUT2D eigenvalue weighted by Crippen LogP contribution is -2.50. The normalized spacial score (nSPS) is 16.5. The molecule has 6 nitrogen and oxygen atoms in total. The Morgan fingerprint density at radius 3 is 2.68 bits per heavy atom. The maximum atomic E-state index is 11.8. The van der Waals surface area contributed by atoms with Gasteiger partial charge in [-0.05, 0) is 43.4 Å². The van der Waals surface area contributed by atoms with Gasteiger partial charge < -0.3 is 20.7 Å². The molecule has 1 saturated carbocycles. The molecule has 0 aliphatic heterocycles. The topological polar surface area (TPSA) is 74.8 Å². The van der Waals surface area contributed by atoms with Gasteiger partial charge in [0, 0.05) is 39.4 Å². The average molecular weight is 389 g/mol. The molecule has 0 spiro atoms. The van der Waals surface area contributed by atoms with Crippen LogP contribution in [-0.2, 0) is 11.2 Å². The zero-order valence-electron chi connectivity index (χ0n) is 17.6. The summed E-state index contributed by atoms with van der Waals surface area (Å²) in [5, 5.41) is 9.50. The summed E-state index contributed by atoms with van der Waals surface area (Å²) < 4.78 is 6.25. The fourth-order valence-electron chi connectivity index (χ4n) is 3.69. The van der Waals surface area contributed by atoms with Crippen molar-refractivity contribution in [1.82, 2.24) is 16.0 Å². The van der Waals surface area contributed by atoms with Crippen LogP contribution in [0.25, 0.3) is 0 Å². The fourth-order valence-corrected chi connectivity index (χ4v) is 3.69. The van der Waals surface area contributed by atoms with Crippen LogP contribution in [0.1, 0.15) is 61.4 Å². The zero-order valence-corrected chi connectivity index (χ0v) is 17.6. The fraction of sp³-hybridized carbons (Fsp3) is 0.636. The highest BCUT2D eigenvalue weighted by Crippen LogP contribution is 2.31. The van der Waals surface area contributed by atoms with E-state index in [-0.39, 0.29) is 11.5 Å². The van der Waals surface area contributed by atoms with Gasteiger partial charge in [-0.25, -0.2) is 0 Å². The Morgan fingerprint density at radius 2 is 2.00 bits per heavy atom. The number of carbonyl (C=O) groups is 1. The van der Waals surface area contributed by atoms with Crippen molar-refractivity contribution in [3.8, 4) is 0 Å². The molecule has 0 saturated heterocycles. The number of nitrogens with zero attached hydrogens (tertiary/aromatic N) is 1. The molecule has 1 aliphatic carbocycles. The van der Waals surface area contributed by atoms with Gasteiger partial charge >= 0.3 is 0 Å². The number of nitrogens with one attached hydrogen (secondary N) is 3. The maximum absolute atomic E-state index is 11.8. The van der Waals surface area contributed by atoms with E-state index in [0.717, 1.165) is 56.9 Å². The first-order chi connectivity index (χ1) is 13.6. The summed E-state index contributed by atoms with van der Waals surface area (Å²) in [6.45, 7) is 4.51. The number of benzene rings is 1. The van der Waals surface area contributed by atoms with Crippen LogP contribution < -0.4 is 16.0 Å². The molecule has 0 unspecified atom stereocenters. The summed E-state index contributed by atoms with van der Waals surface area (Å²) in [6.07, 6.45) is 7.87. The van der Waals surface area contributed by atoms with Crippen LogP contribution in [0.5, 0.6) is 0 Å². The van der Waals surface area contributed by atoms with E-state index in [1.54, 1.807) is 14.1 Å². The maximum Gasteiger partial charge on any atom is 0.251 e. The van der Waals surface area contributed by atoms with Crippen LogP contribution in [0.4, 0.5) is 0 Å². The van der Waals surface area contributed by atoms with Gasteiger partial charge in [0.15, 0.2) is 5.96 Å². The first kappa shape index (κ1) is 22.2. The van der Waals surface area contributed by atoms with E-state index in [1.807, 2.05) is 24.3 Å². The van der Waals surface area contributed by atoms with E-state index in [0.29, 0.717) is 5.56 Å². The van der Waals surface area contributed by atoms with Crippen molar-refractivity contribution in [2.24, 2.45) is 4.99 Å². The predicted octanol–water partition coefficient (Wildman–Crippen LogP) is 2.88. The van der Waals surface area contributed by atoms with Crippen molar-refractivity contribution in [2.75, 3.05) is 33.8 Å². The molecule has 6 heteroatoms. The Labute approximate surface area is 169 Å². The Kier molecular flexibility index (Phi) is 9.28. The number of carbonyl (C=O) groups excluding carboxylic acids is 1. The van der Waals surface area contributed by atoms with Gasteiger partial charge in [0.2, 0.25) is 0 Å². The van der Waals surface area contributed by atoms with Gasteiger partial charge in [0.05, 0.1) is 5.60 Å². The third-order valence-corrected chi connectivity index (χ3v) is 5.30. The second-order valence-electron chi connectivity index (χ2n) is 7.47. The first-order valence-corrected chi connectivity index (χ1v) is 10.5. The van der Waals surface area contributed by atoms with Crippen LogP contribution in [0.15, 0.2) is 29.3 Å². The van der Waals surface area contributed by atoms with Crippen molar-refractivity contribution in [3.05, 3.63) is 35.4 Å². The molecule has 1 aliphatic rings. The van der Waals surface area contributed by atoms with E-state index in [4.69, 9.17) is 4.74 Å². The van der Waals surface area contributed by atoms with Crippen molar-refractivity contribution >= 4 is 11.9 Å². The highest BCUT2D eigenvalue weighted by Gasteiger charge is 2.32. The van der Waals surface area contributed by atoms with Gasteiger partial charge in [-0.15, -0.1) is 0 Å².